The molecule has 0 aliphatic carbocycles. The number of hydrogen-bond acceptors (Lipinski definition) is 0. The summed E-state index contributed by atoms with van der Waals surface area (Å²) in [5.41, 5.74) is 0. The van der Waals surface area contributed by atoms with Crippen molar-refractivity contribution in [3.8, 4) is 0 Å². The van der Waals surface area contributed by atoms with Crippen molar-refractivity contribution in [1.29, 1.82) is 0 Å². The van der Waals surface area contributed by atoms with E-state index in [-0.39, 0.29) is 172 Å². The molecule has 0 amide bonds. The van der Waals surface area contributed by atoms with E-state index in [0.29, 0.717) is 0 Å². The van der Waals surface area contributed by atoms with Gasteiger partial charge in [-0.25, -0.2) is 0 Å². The smallest absolute Gasteiger partial charge is 0 e. The second kappa shape index (κ2) is 70.4. The van der Waals surface area contributed by atoms with E-state index >= 15 is 0 Å². The molecule has 0 heterocycles. The third-order valence-corrected chi connectivity index (χ3v) is 0. The van der Waals surface area contributed by atoms with Crippen molar-refractivity contribution in [2.24, 2.45) is 0 Å². The second-order valence-electron chi connectivity index (χ2n) is 0. The Hall–Kier alpha value is 5.43. The molecule has 0 atom stereocenters. The van der Waals surface area contributed by atoms with Crippen LogP contribution in [0.15, 0.2) is 0 Å². The molecular weight excluding hydrogens is 549 g/mol. The van der Waals surface area contributed by atoms with Gasteiger partial charge in [-0.3, -0.25) is 0 Å². The van der Waals surface area contributed by atoms with E-state index in [9.17, 15) is 0 Å². The van der Waals surface area contributed by atoms with Gasteiger partial charge in [0.2, 0.25) is 0 Å². The van der Waals surface area contributed by atoms with Crippen molar-refractivity contribution in [1.82, 2.24) is 0 Å². The standard InChI is InChI=1S/Al.Co.Cr.Fe.Ni.Pd.Ti.V.Zr.3H. The fraction of sp³-hybridized carbons (Fsp3) is 0. The van der Waals surface area contributed by atoms with Gasteiger partial charge < -0.3 is 0 Å². The number of hydrogen-bond donors (Lipinski definition) is 0. The van der Waals surface area contributed by atoms with Gasteiger partial charge in [-0.15, -0.1) is 0 Å². The van der Waals surface area contributed by atoms with E-state index in [2.05, 4.69) is 0 Å². The zero-order valence-electron chi connectivity index (χ0n) is 3.17. The summed E-state index contributed by atoms with van der Waals surface area (Å²) < 4.78 is 0. The Balaban J connectivity index is 0. The Labute approximate surface area is 168 Å². The van der Waals surface area contributed by atoms with Gasteiger partial charge in [-0.2, -0.15) is 0 Å². The van der Waals surface area contributed by atoms with Crippen LogP contribution in [0.1, 0.15) is 0 Å². The van der Waals surface area contributed by atoms with Gasteiger partial charge in [0.1, 0.15) is 0 Å². The zero-order chi connectivity index (χ0) is 0. The summed E-state index contributed by atoms with van der Waals surface area (Å²) in [7, 11) is 0. The molecule has 0 saturated heterocycles. The summed E-state index contributed by atoms with van der Waals surface area (Å²) in [6.07, 6.45) is 0. The molecule has 0 spiro atoms. The first-order valence-electron chi connectivity index (χ1n) is 0. The van der Waals surface area contributed by atoms with Gasteiger partial charge in [0, 0.05) is 155 Å². The molecule has 0 nitrogen and oxygen atoms in total. The minimum absolute atomic E-state index is 0. The van der Waals surface area contributed by atoms with E-state index in [1.165, 1.54) is 0 Å². The molecule has 0 aromatic rings. The molecule has 0 aliphatic heterocycles. The molecule has 0 N–H and O–H groups in total. The van der Waals surface area contributed by atoms with Crippen LogP contribution in [0.3, 0.4) is 0 Å². The summed E-state index contributed by atoms with van der Waals surface area (Å²) in [5, 5.41) is 0. The molecule has 0 aliphatic rings. The molecule has 0 saturated carbocycles. The molecule has 9 heavy (non-hydrogen) atoms. The minimum atomic E-state index is 0. The van der Waals surface area contributed by atoms with Gasteiger partial charge in [0.15, 0.2) is 17.4 Å². The first kappa shape index (κ1) is 88.3. The molecule has 0 bridgehead atoms. The van der Waals surface area contributed by atoms with E-state index < -0.39 is 0 Å². The van der Waals surface area contributed by atoms with Crippen molar-refractivity contribution in [3.05, 3.63) is 0 Å². The first-order chi connectivity index (χ1) is 0. The average Bonchev–Trinajstić information content (AvgIpc) is 0. The SMILES string of the molecule is [AlH3].[Co].[Cr].[Fe].[Ni].[Pd].[Ti].[V].[Zr]. The largest absolute Gasteiger partial charge is 0.187 e. The Kier molecular flexibility index (Phi) is 691. The van der Waals surface area contributed by atoms with Gasteiger partial charge in [0.25, 0.3) is 0 Å². The monoisotopic (exact) mass is 549 g/mol. The predicted octanol–water partition coefficient (Wildman–Crippen LogP) is -1.20. The van der Waals surface area contributed by atoms with Gasteiger partial charge in [0.05, 0.1) is 0 Å². The van der Waals surface area contributed by atoms with Gasteiger partial charge in [-0.1, -0.05) is 0 Å². The van der Waals surface area contributed by atoms with E-state index in [1.807, 2.05) is 0 Å². The molecule has 0 aromatic carbocycles. The van der Waals surface area contributed by atoms with E-state index in [1.54, 1.807) is 0 Å². The normalized spacial score (nSPS) is 0. The predicted molar refractivity (Wildman–Crippen MR) is 9.94 cm³/mol. The molecule has 0 aromatic heterocycles. The maximum Gasteiger partial charge on any atom is 0.187 e. The minimum Gasteiger partial charge on any atom is 0 e. The fourth-order valence-electron chi connectivity index (χ4n) is 0. The maximum absolute atomic E-state index is 0. The zero-order valence-corrected chi connectivity index (χ0v) is 14.6. The van der Waals surface area contributed by atoms with Crippen LogP contribution >= 0.6 is 0 Å². The van der Waals surface area contributed by atoms with Crippen molar-refractivity contribution in [3.63, 3.8) is 0 Å². The first-order valence-corrected chi connectivity index (χ1v) is 0. The summed E-state index contributed by atoms with van der Waals surface area (Å²) >= 11 is 0. The number of rotatable bonds is 0. The third-order valence-electron chi connectivity index (χ3n) is 0. The van der Waals surface area contributed by atoms with Crippen LogP contribution in [0, 0.1) is 0 Å². The molecule has 0 unspecified atom stereocenters. The van der Waals surface area contributed by atoms with Crippen LogP contribution in [0.2, 0.25) is 0 Å². The second-order valence-corrected chi connectivity index (χ2v) is 0. The molecule has 2 radical (unpaired) electrons. The summed E-state index contributed by atoms with van der Waals surface area (Å²) in [6, 6.07) is 0. The van der Waals surface area contributed by atoms with Crippen molar-refractivity contribution >= 4 is 17.4 Å². The quantitative estimate of drug-likeness (QED) is 0.332. The molecule has 0 fully saturated rings. The van der Waals surface area contributed by atoms with Crippen LogP contribution in [-0.4, -0.2) is 17.4 Å². The van der Waals surface area contributed by atoms with Crippen molar-refractivity contribution in [2.75, 3.05) is 0 Å². The van der Waals surface area contributed by atoms with Crippen LogP contribution in [0.25, 0.3) is 0 Å². The van der Waals surface area contributed by atoms with E-state index in [0.717, 1.165) is 0 Å². The summed E-state index contributed by atoms with van der Waals surface area (Å²) in [6.45, 7) is 0. The van der Waals surface area contributed by atoms with Crippen molar-refractivity contribution in [2.45, 2.75) is 0 Å². The maximum atomic E-state index is 0. The van der Waals surface area contributed by atoms with E-state index in [4.69, 9.17) is 0 Å². The van der Waals surface area contributed by atoms with Crippen molar-refractivity contribution < 1.29 is 155 Å². The molecule has 0 rings (SSSR count). The summed E-state index contributed by atoms with van der Waals surface area (Å²) in [5.74, 6) is 0. The van der Waals surface area contributed by atoms with Crippen LogP contribution in [-0.2, 0) is 155 Å². The van der Waals surface area contributed by atoms with Gasteiger partial charge in [-0.05, 0) is 0 Å². The van der Waals surface area contributed by atoms with Gasteiger partial charge >= 0.3 is 0 Å². The Morgan fingerprint density at radius 3 is 1.00 bits per heavy atom. The Morgan fingerprint density at radius 1 is 1.00 bits per heavy atom. The molecule has 62 valence electrons. The summed E-state index contributed by atoms with van der Waals surface area (Å²) in [4.78, 5) is 0. The topological polar surface area (TPSA) is 0 Å². The Morgan fingerprint density at radius 2 is 1.00 bits per heavy atom. The fourth-order valence-corrected chi connectivity index (χ4v) is 0. The third kappa shape index (κ3) is 59.5. The van der Waals surface area contributed by atoms with Crippen LogP contribution in [0.4, 0.5) is 0 Å². The molecule has 9 heteroatoms. The van der Waals surface area contributed by atoms with Crippen LogP contribution < -0.4 is 0 Å². The molecular formula is H3AlCoCrFeNiPdTiVZr. The van der Waals surface area contributed by atoms with Crippen LogP contribution in [0.5, 0.6) is 0 Å². The Bertz CT molecular complexity index is 28.5. The average molecular weight is 552 g/mol.